The Kier molecular flexibility index (Phi) is 3.79. The summed E-state index contributed by atoms with van der Waals surface area (Å²) < 4.78 is 0. The first kappa shape index (κ1) is 12.8. The van der Waals surface area contributed by atoms with Crippen molar-refractivity contribution in [2.45, 2.75) is 6.92 Å². The van der Waals surface area contributed by atoms with Gasteiger partial charge in [-0.25, -0.2) is 0 Å². The van der Waals surface area contributed by atoms with Crippen LogP contribution in [0.3, 0.4) is 0 Å². The van der Waals surface area contributed by atoms with Crippen molar-refractivity contribution in [2.75, 3.05) is 5.32 Å². The van der Waals surface area contributed by atoms with Crippen molar-refractivity contribution in [3.05, 3.63) is 51.8 Å². The second-order valence-electron chi connectivity index (χ2n) is 3.64. The SMILES string of the molecule is Cc1ccc(C(=O)Nc2ccc(Cl)c(Cl)c2)nn1. The molecule has 1 N–H and O–H groups in total. The summed E-state index contributed by atoms with van der Waals surface area (Å²) >= 11 is 11.6. The van der Waals surface area contributed by atoms with Gasteiger partial charge >= 0.3 is 0 Å². The zero-order valence-electron chi connectivity index (χ0n) is 9.45. The molecule has 1 heterocycles. The van der Waals surface area contributed by atoms with Crippen LogP contribution in [0, 0.1) is 6.92 Å². The van der Waals surface area contributed by atoms with Gasteiger partial charge in [0, 0.05) is 5.69 Å². The van der Waals surface area contributed by atoms with Gasteiger partial charge in [-0.3, -0.25) is 4.79 Å². The highest BCUT2D eigenvalue weighted by Crippen LogP contribution is 2.25. The second-order valence-corrected chi connectivity index (χ2v) is 4.46. The van der Waals surface area contributed by atoms with Gasteiger partial charge in [0.15, 0.2) is 5.69 Å². The molecule has 0 saturated heterocycles. The summed E-state index contributed by atoms with van der Waals surface area (Å²) in [5, 5.41) is 11.1. The first-order chi connectivity index (χ1) is 8.56. The molecule has 1 aromatic heterocycles. The number of aryl methyl sites for hydroxylation is 1. The molecule has 18 heavy (non-hydrogen) atoms. The summed E-state index contributed by atoms with van der Waals surface area (Å²) in [4.78, 5) is 11.8. The minimum atomic E-state index is -0.346. The monoisotopic (exact) mass is 281 g/mol. The molecule has 2 aromatic rings. The van der Waals surface area contributed by atoms with E-state index in [0.29, 0.717) is 15.7 Å². The molecule has 0 aliphatic heterocycles. The Morgan fingerprint density at radius 2 is 1.89 bits per heavy atom. The third-order valence-electron chi connectivity index (χ3n) is 2.21. The minimum absolute atomic E-state index is 0.242. The largest absolute Gasteiger partial charge is 0.321 e. The molecule has 0 saturated carbocycles. The zero-order chi connectivity index (χ0) is 13.1. The number of halogens is 2. The van der Waals surface area contributed by atoms with Gasteiger partial charge in [0.05, 0.1) is 15.7 Å². The van der Waals surface area contributed by atoms with E-state index in [-0.39, 0.29) is 11.6 Å². The van der Waals surface area contributed by atoms with Crippen LogP contribution in [0.1, 0.15) is 16.2 Å². The van der Waals surface area contributed by atoms with Crippen LogP contribution in [0.5, 0.6) is 0 Å². The smallest absolute Gasteiger partial charge is 0.276 e. The summed E-state index contributed by atoms with van der Waals surface area (Å²) in [6.07, 6.45) is 0. The van der Waals surface area contributed by atoms with E-state index >= 15 is 0 Å². The van der Waals surface area contributed by atoms with Gasteiger partial charge in [0.2, 0.25) is 0 Å². The topological polar surface area (TPSA) is 54.9 Å². The van der Waals surface area contributed by atoms with Gasteiger partial charge in [0.25, 0.3) is 5.91 Å². The molecule has 0 unspecified atom stereocenters. The molecule has 1 amide bonds. The summed E-state index contributed by atoms with van der Waals surface area (Å²) in [6.45, 7) is 1.80. The van der Waals surface area contributed by atoms with Gasteiger partial charge in [-0.05, 0) is 37.3 Å². The quantitative estimate of drug-likeness (QED) is 0.919. The number of carbonyl (C=O) groups excluding carboxylic acids is 1. The normalized spacial score (nSPS) is 10.2. The van der Waals surface area contributed by atoms with Crippen molar-refractivity contribution in [3.8, 4) is 0 Å². The van der Waals surface area contributed by atoms with Gasteiger partial charge in [-0.2, -0.15) is 5.10 Å². The number of amides is 1. The number of hydrogen-bond acceptors (Lipinski definition) is 3. The highest BCUT2D eigenvalue weighted by molar-refractivity contribution is 6.42. The van der Waals surface area contributed by atoms with E-state index in [1.165, 1.54) is 0 Å². The lowest BCUT2D eigenvalue weighted by Crippen LogP contribution is -2.14. The average molecular weight is 282 g/mol. The Balaban J connectivity index is 2.16. The second kappa shape index (κ2) is 5.33. The molecular formula is C12H9Cl2N3O. The Bertz CT molecular complexity index is 584. The van der Waals surface area contributed by atoms with Crippen LogP contribution in [0.25, 0.3) is 0 Å². The third kappa shape index (κ3) is 2.97. The number of carbonyl (C=O) groups is 1. The van der Waals surface area contributed by atoms with Crippen molar-refractivity contribution in [2.24, 2.45) is 0 Å². The molecule has 92 valence electrons. The van der Waals surface area contributed by atoms with Crippen LogP contribution in [-0.2, 0) is 0 Å². The highest BCUT2D eigenvalue weighted by atomic mass is 35.5. The number of anilines is 1. The summed E-state index contributed by atoms with van der Waals surface area (Å²) in [5.41, 5.74) is 1.55. The molecule has 0 aliphatic rings. The molecule has 0 aliphatic carbocycles. The summed E-state index contributed by atoms with van der Waals surface area (Å²) in [5.74, 6) is -0.346. The number of benzene rings is 1. The van der Waals surface area contributed by atoms with Crippen molar-refractivity contribution in [1.82, 2.24) is 10.2 Å². The summed E-state index contributed by atoms with van der Waals surface area (Å²) in [7, 11) is 0. The van der Waals surface area contributed by atoms with Crippen LogP contribution in [0.2, 0.25) is 10.0 Å². The molecule has 0 fully saturated rings. The highest BCUT2D eigenvalue weighted by Gasteiger charge is 2.09. The standard InChI is InChI=1S/C12H9Cl2N3O/c1-7-2-5-11(17-16-7)12(18)15-8-3-4-9(13)10(14)6-8/h2-6H,1H3,(H,15,18). The van der Waals surface area contributed by atoms with Crippen molar-refractivity contribution in [3.63, 3.8) is 0 Å². The number of aromatic nitrogens is 2. The molecule has 2 rings (SSSR count). The predicted molar refractivity (Wildman–Crippen MR) is 71.2 cm³/mol. The van der Waals surface area contributed by atoms with E-state index in [9.17, 15) is 4.79 Å². The number of nitrogens with one attached hydrogen (secondary N) is 1. The molecule has 4 nitrogen and oxygen atoms in total. The number of hydrogen-bond donors (Lipinski definition) is 1. The predicted octanol–water partition coefficient (Wildman–Crippen LogP) is 3.34. The van der Waals surface area contributed by atoms with Crippen LogP contribution in [0.15, 0.2) is 30.3 Å². The lowest BCUT2D eigenvalue weighted by Gasteiger charge is -2.05. The van der Waals surface area contributed by atoms with E-state index in [1.54, 1.807) is 37.3 Å². The van der Waals surface area contributed by atoms with Crippen molar-refractivity contribution < 1.29 is 4.79 Å². The lowest BCUT2D eigenvalue weighted by atomic mass is 10.3. The third-order valence-corrected chi connectivity index (χ3v) is 2.95. The maximum absolute atomic E-state index is 11.8. The fourth-order valence-corrected chi connectivity index (χ4v) is 1.59. The van der Waals surface area contributed by atoms with Crippen LogP contribution in [0.4, 0.5) is 5.69 Å². The van der Waals surface area contributed by atoms with Crippen LogP contribution >= 0.6 is 23.2 Å². The Hall–Kier alpha value is -1.65. The van der Waals surface area contributed by atoms with E-state index < -0.39 is 0 Å². The van der Waals surface area contributed by atoms with E-state index in [4.69, 9.17) is 23.2 Å². The van der Waals surface area contributed by atoms with Crippen LogP contribution < -0.4 is 5.32 Å². The minimum Gasteiger partial charge on any atom is -0.321 e. The Morgan fingerprint density at radius 1 is 1.11 bits per heavy atom. The number of rotatable bonds is 2. The Labute approximate surface area is 114 Å². The van der Waals surface area contributed by atoms with E-state index in [0.717, 1.165) is 5.69 Å². The maximum atomic E-state index is 11.8. The van der Waals surface area contributed by atoms with Gasteiger partial charge < -0.3 is 5.32 Å². The molecule has 0 spiro atoms. The molecule has 0 bridgehead atoms. The molecule has 0 radical (unpaired) electrons. The molecule has 0 atom stereocenters. The molecule has 1 aromatic carbocycles. The van der Waals surface area contributed by atoms with E-state index in [2.05, 4.69) is 15.5 Å². The lowest BCUT2D eigenvalue weighted by molar-refractivity contribution is 0.102. The van der Waals surface area contributed by atoms with E-state index in [1.807, 2.05) is 0 Å². The number of nitrogens with zero attached hydrogens (tertiary/aromatic N) is 2. The fraction of sp³-hybridized carbons (Fsp3) is 0.0833. The van der Waals surface area contributed by atoms with Gasteiger partial charge in [-0.15, -0.1) is 5.10 Å². The Morgan fingerprint density at radius 3 is 2.50 bits per heavy atom. The zero-order valence-corrected chi connectivity index (χ0v) is 11.0. The fourth-order valence-electron chi connectivity index (χ4n) is 1.29. The summed E-state index contributed by atoms with van der Waals surface area (Å²) in [6, 6.07) is 8.17. The van der Waals surface area contributed by atoms with Gasteiger partial charge in [-0.1, -0.05) is 23.2 Å². The van der Waals surface area contributed by atoms with Gasteiger partial charge in [0.1, 0.15) is 0 Å². The molecular weight excluding hydrogens is 273 g/mol. The van der Waals surface area contributed by atoms with Crippen molar-refractivity contribution >= 4 is 34.8 Å². The first-order valence-corrected chi connectivity index (χ1v) is 5.88. The average Bonchev–Trinajstić information content (AvgIpc) is 2.34. The first-order valence-electron chi connectivity index (χ1n) is 5.13. The maximum Gasteiger partial charge on any atom is 0.276 e. The van der Waals surface area contributed by atoms with Crippen LogP contribution in [-0.4, -0.2) is 16.1 Å². The molecule has 6 heteroatoms. The van der Waals surface area contributed by atoms with Crippen molar-refractivity contribution in [1.29, 1.82) is 0 Å².